The van der Waals surface area contributed by atoms with Crippen molar-refractivity contribution in [3.8, 4) is 11.3 Å². The number of anilines is 2. The number of nitrogen functional groups attached to an aromatic ring is 1. The van der Waals surface area contributed by atoms with Crippen LogP contribution in [0.1, 0.15) is 5.56 Å². The Morgan fingerprint density at radius 1 is 1.00 bits per heavy atom. The molecule has 0 radical (unpaired) electrons. The molecule has 2 aromatic carbocycles. The minimum absolute atomic E-state index is 0.321. The van der Waals surface area contributed by atoms with Gasteiger partial charge in [-0.25, -0.2) is 4.98 Å². The van der Waals surface area contributed by atoms with Gasteiger partial charge in [-0.1, -0.05) is 36.4 Å². The molecule has 20 heavy (non-hydrogen) atoms. The van der Waals surface area contributed by atoms with Crippen LogP contribution < -0.4 is 11.1 Å². The Kier molecular flexibility index (Phi) is 2.36. The highest BCUT2D eigenvalue weighted by Gasteiger charge is 2.19. The van der Waals surface area contributed by atoms with Gasteiger partial charge < -0.3 is 11.1 Å². The van der Waals surface area contributed by atoms with E-state index in [2.05, 4.69) is 45.6 Å². The summed E-state index contributed by atoms with van der Waals surface area (Å²) in [6.45, 7) is 0.897. The smallest absolute Gasteiger partial charge is 0.222 e. The normalized spacial score (nSPS) is 13.2. The van der Waals surface area contributed by atoms with Gasteiger partial charge in [0.25, 0.3) is 0 Å². The molecule has 98 valence electrons. The van der Waals surface area contributed by atoms with E-state index in [4.69, 9.17) is 5.73 Å². The number of fused-ring (bicyclic) bond motifs is 2. The van der Waals surface area contributed by atoms with E-state index >= 15 is 0 Å². The van der Waals surface area contributed by atoms with Gasteiger partial charge in [-0.15, -0.1) is 0 Å². The molecule has 4 nitrogen and oxygen atoms in total. The Morgan fingerprint density at radius 2 is 1.85 bits per heavy atom. The number of rotatable bonds is 1. The predicted molar refractivity (Wildman–Crippen MR) is 81.6 cm³/mol. The van der Waals surface area contributed by atoms with Gasteiger partial charge in [0.1, 0.15) is 5.82 Å². The summed E-state index contributed by atoms with van der Waals surface area (Å²) in [5.74, 6) is 1.20. The van der Waals surface area contributed by atoms with Crippen molar-refractivity contribution in [1.29, 1.82) is 0 Å². The maximum atomic E-state index is 5.82. The molecule has 4 rings (SSSR count). The molecular weight excluding hydrogens is 248 g/mol. The third-order valence-electron chi connectivity index (χ3n) is 3.71. The molecule has 1 aromatic heterocycles. The zero-order valence-corrected chi connectivity index (χ0v) is 10.9. The Morgan fingerprint density at radius 3 is 2.75 bits per heavy atom. The minimum Gasteiger partial charge on any atom is -0.369 e. The van der Waals surface area contributed by atoms with Crippen molar-refractivity contribution in [2.75, 3.05) is 17.6 Å². The molecule has 0 unspecified atom stereocenters. The average Bonchev–Trinajstić information content (AvgIpc) is 2.94. The van der Waals surface area contributed by atoms with E-state index in [9.17, 15) is 0 Å². The summed E-state index contributed by atoms with van der Waals surface area (Å²) < 4.78 is 0. The number of nitrogens with two attached hydrogens (primary N) is 1. The van der Waals surface area contributed by atoms with Gasteiger partial charge in [0.15, 0.2) is 0 Å². The van der Waals surface area contributed by atoms with Crippen LogP contribution in [-0.2, 0) is 6.42 Å². The molecule has 0 atom stereocenters. The Hall–Kier alpha value is -2.62. The van der Waals surface area contributed by atoms with E-state index in [0.717, 1.165) is 35.6 Å². The van der Waals surface area contributed by atoms with Crippen LogP contribution in [0.2, 0.25) is 0 Å². The number of nitrogens with zero attached hydrogens (tertiary/aromatic N) is 2. The lowest BCUT2D eigenvalue weighted by molar-refractivity contribution is 1.09. The Balaban J connectivity index is 1.95. The van der Waals surface area contributed by atoms with E-state index < -0.39 is 0 Å². The lowest BCUT2D eigenvalue weighted by Gasteiger charge is -2.09. The van der Waals surface area contributed by atoms with Gasteiger partial charge in [-0.2, -0.15) is 4.98 Å². The van der Waals surface area contributed by atoms with E-state index in [-0.39, 0.29) is 0 Å². The average molecular weight is 262 g/mol. The topological polar surface area (TPSA) is 63.8 Å². The van der Waals surface area contributed by atoms with Crippen molar-refractivity contribution in [3.05, 3.63) is 48.0 Å². The number of nitrogens with one attached hydrogen (secondary N) is 1. The fraction of sp³-hybridized carbons (Fsp3) is 0.125. The number of hydrogen-bond acceptors (Lipinski definition) is 4. The second kappa shape index (κ2) is 4.20. The van der Waals surface area contributed by atoms with E-state index in [0.29, 0.717) is 5.95 Å². The molecule has 0 aliphatic carbocycles. The van der Waals surface area contributed by atoms with Crippen molar-refractivity contribution in [2.45, 2.75) is 6.42 Å². The van der Waals surface area contributed by atoms with Gasteiger partial charge in [-0.3, -0.25) is 0 Å². The zero-order valence-electron chi connectivity index (χ0n) is 10.9. The van der Waals surface area contributed by atoms with E-state index in [1.54, 1.807) is 0 Å². The third-order valence-corrected chi connectivity index (χ3v) is 3.71. The van der Waals surface area contributed by atoms with Gasteiger partial charge in [0.05, 0.1) is 5.69 Å². The van der Waals surface area contributed by atoms with Crippen LogP contribution in [0.3, 0.4) is 0 Å². The van der Waals surface area contributed by atoms with Gasteiger partial charge in [-0.05, 0) is 23.3 Å². The van der Waals surface area contributed by atoms with Gasteiger partial charge in [0, 0.05) is 17.7 Å². The highest BCUT2D eigenvalue weighted by Crippen LogP contribution is 2.32. The van der Waals surface area contributed by atoms with Crippen LogP contribution in [0.5, 0.6) is 0 Å². The quantitative estimate of drug-likeness (QED) is 0.708. The SMILES string of the molecule is Nc1nc2c(c(-c3ccc4ccccc4c3)n1)CCN2. The summed E-state index contributed by atoms with van der Waals surface area (Å²) in [6, 6.07) is 14.7. The predicted octanol–water partition coefficient (Wildman–Crippen LogP) is 2.85. The van der Waals surface area contributed by atoms with Gasteiger partial charge >= 0.3 is 0 Å². The van der Waals surface area contributed by atoms with Crippen LogP contribution in [0.15, 0.2) is 42.5 Å². The summed E-state index contributed by atoms with van der Waals surface area (Å²) in [7, 11) is 0. The Bertz CT molecular complexity index is 811. The molecule has 1 aliphatic rings. The highest BCUT2D eigenvalue weighted by atomic mass is 15.1. The molecule has 0 amide bonds. The highest BCUT2D eigenvalue weighted by molar-refractivity contribution is 5.87. The van der Waals surface area contributed by atoms with Crippen LogP contribution in [0, 0.1) is 0 Å². The third kappa shape index (κ3) is 1.69. The van der Waals surface area contributed by atoms with Crippen molar-refractivity contribution in [2.24, 2.45) is 0 Å². The number of hydrogen-bond donors (Lipinski definition) is 2. The van der Waals surface area contributed by atoms with Crippen molar-refractivity contribution in [1.82, 2.24) is 9.97 Å². The standard InChI is InChI=1S/C16H14N4/c17-16-19-14(13-7-8-18-15(13)20-16)12-6-5-10-3-1-2-4-11(10)9-12/h1-6,9H,7-8H2,(H3,17,18,19,20). The molecule has 0 saturated heterocycles. The second-order valence-electron chi connectivity index (χ2n) is 5.00. The molecular formula is C16H14N4. The maximum Gasteiger partial charge on any atom is 0.222 e. The van der Waals surface area contributed by atoms with Crippen molar-refractivity contribution in [3.63, 3.8) is 0 Å². The Labute approximate surface area is 116 Å². The fourth-order valence-corrected chi connectivity index (χ4v) is 2.77. The van der Waals surface area contributed by atoms with Crippen LogP contribution in [-0.4, -0.2) is 16.5 Å². The zero-order chi connectivity index (χ0) is 13.5. The van der Waals surface area contributed by atoms with Gasteiger partial charge in [0.2, 0.25) is 5.95 Å². The summed E-state index contributed by atoms with van der Waals surface area (Å²) in [5.41, 5.74) is 9.02. The molecule has 3 aromatic rings. The maximum absolute atomic E-state index is 5.82. The summed E-state index contributed by atoms with van der Waals surface area (Å²) >= 11 is 0. The van der Waals surface area contributed by atoms with Crippen molar-refractivity contribution >= 4 is 22.5 Å². The second-order valence-corrected chi connectivity index (χ2v) is 5.00. The van der Waals surface area contributed by atoms with E-state index in [1.807, 2.05) is 12.1 Å². The first kappa shape index (κ1) is 11.2. The first-order chi connectivity index (χ1) is 9.81. The van der Waals surface area contributed by atoms with Crippen molar-refractivity contribution < 1.29 is 0 Å². The molecule has 1 aliphatic heterocycles. The summed E-state index contributed by atoms with van der Waals surface area (Å²) in [4.78, 5) is 8.71. The van der Waals surface area contributed by atoms with E-state index in [1.165, 1.54) is 10.8 Å². The molecule has 0 fully saturated rings. The minimum atomic E-state index is 0.321. The first-order valence-electron chi connectivity index (χ1n) is 6.71. The summed E-state index contributed by atoms with van der Waals surface area (Å²) in [6.07, 6.45) is 0.942. The summed E-state index contributed by atoms with van der Waals surface area (Å²) in [5, 5.41) is 5.70. The first-order valence-corrected chi connectivity index (χ1v) is 6.71. The molecule has 0 spiro atoms. The lowest BCUT2D eigenvalue weighted by Crippen LogP contribution is -2.01. The molecule has 4 heteroatoms. The van der Waals surface area contributed by atoms with Crippen LogP contribution in [0.4, 0.5) is 11.8 Å². The fourth-order valence-electron chi connectivity index (χ4n) is 2.77. The largest absolute Gasteiger partial charge is 0.369 e. The number of benzene rings is 2. The molecule has 2 heterocycles. The molecule has 0 bridgehead atoms. The number of aromatic nitrogens is 2. The lowest BCUT2D eigenvalue weighted by atomic mass is 10.0. The van der Waals surface area contributed by atoms with Crippen LogP contribution >= 0.6 is 0 Å². The van der Waals surface area contributed by atoms with Crippen LogP contribution in [0.25, 0.3) is 22.0 Å². The molecule has 0 saturated carbocycles. The monoisotopic (exact) mass is 262 g/mol. The molecule has 3 N–H and O–H groups in total.